The Bertz CT molecular complexity index is 315. The largest absolute Gasteiger partial charge is 0.494 e. The second-order valence-corrected chi connectivity index (χ2v) is 3.19. The summed E-state index contributed by atoms with van der Waals surface area (Å²) in [6.45, 7) is 1.05. The van der Waals surface area contributed by atoms with E-state index in [1.54, 1.807) is 12.1 Å². The van der Waals surface area contributed by atoms with Crippen LogP contribution in [0.5, 0.6) is 5.75 Å². The maximum absolute atomic E-state index is 13.0. The molecule has 0 bridgehead atoms. The Morgan fingerprint density at radius 2 is 2.21 bits per heavy atom. The average Bonchev–Trinajstić information content (AvgIpc) is 2.05. The molecule has 1 aromatic rings. The van der Waals surface area contributed by atoms with Crippen molar-refractivity contribution in [2.24, 2.45) is 0 Å². The third-order valence-electron chi connectivity index (χ3n) is 2.40. The van der Waals surface area contributed by atoms with Crippen LogP contribution in [0.2, 0.25) is 0 Å². The van der Waals surface area contributed by atoms with Gasteiger partial charge in [-0.1, -0.05) is 6.07 Å². The van der Waals surface area contributed by atoms with Crippen LogP contribution < -0.4 is 10.1 Å². The van der Waals surface area contributed by atoms with Gasteiger partial charge in [0.2, 0.25) is 0 Å². The van der Waals surface area contributed by atoms with Crippen LogP contribution in [0.15, 0.2) is 18.2 Å². The van der Waals surface area contributed by atoms with Crippen LogP contribution in [-0.4, -0.2) is 13.7 Å². The maximum Gasteiger partial charge on any atom is 0.165 e. The van der Waals surface area contributed by atoms with E-state index in [2.05, 4.69) is 5.32 Å². The molecule has 1 N–H and O–H groups in total. The number of methoxy groups -OCH3 is 1. The number of hydrogen-bond acceptors (Lipinski definition) is 2. The monoisotopic (exact) mass is 217 g/mol. The first-order valence-corrected chi connectivity index (χ1v) is 4.38. The number of hydrogen-bond donors (Lipinski definition) is 1. The lowest BCUT2D eigenvalue weighted by atomic mass is 9.98. The highest BCUT2D eigenvalue weighted by Gasteiger charge is 2.19. The van der Waals surface area contributed by atoms with Gasteiger partial charge < -0.3 is 10.1 Å². The summed E-state index contributed by atoms with van der Waals surface area (Å²) in [6.07, 6.45) is 1.12. The fourth-order valence-electron chi connectivity index (χ4n) is 1.47. The van der Waals surface area contributed by atoms with Crippen molar-refractivity contribution >= 4 is 12.4 Å². The summed E-state index contributed by atoms with van der Waals surface area (Å²) in [4.78, 5) is 0. The molecule has 4 heteroatoms. The first kappa shape index (κ1) is 11.3. The number of benzene rings is 1. The highest BCUT2D eigenvalue weighted by molar-refractivity contribution is 5.85. The van der Waals surface area contributed by atoms with Gasteiger partial charge in [-0.25, -0.2) is 4.39 Å². The smallest absolute Gasteiger partial charge is 0.165 e. The maximum atomic E-state index is 13.0. The van der Waals surface area contributed by atoms with Crippen LogP contribution in [0, 0.1) is 5.82 Å². The van der Waals surface area contributed by atoms with Crippen LogP contribution in [0.25, 0.3) is 0 Å². The predicted molar refractivity (Wildman–Crippen MR) is 55.6 cm³/mol. The molecule has 1 heterocycles. The Morgan fingerprint density at radius 1 is 1.50 bits per heavy atom. The van der Waals surface area contributed by atoms with E-state index in [-0.39, 0.29) is 18.2 Å². The molecule has 1 fully saturated rings. The lowest BCUT2D eigenvalue weighted by Crippen LogP contribution is -2.34. The summed E-state index contributed by atoms with van der Waals surface area (Å²) in [5.74, 6) is 0.0248. The Balaban J connectivity index is 0.000000980. The molecular formula is C10H13ClFNO. The Hall–Kier alpha value is -0.800. The van der Waals surface area contributed by atoms with E-state index in [1.807, 2.05) is 0 Å². The van der Waals surface area contributed by atoms with E-state index in [1.165, 1.54) is 13.2 Å². The molecule has 0 amide bonds. The van der Waals surface area contributed by atoms with Crippen molar-refractivity contribution < 1.29 is 9.13 Å². The molecule has 0 radical (unpaired) electrons. The van der Waals surface area contributed by atoms with Crippen molar-refractivity contribution in [3.63, 3.8) is 0 Å². The Morgan fingerprint density at radius 3 is 2.71 bits per heavy atom. The van der Waals surface area contributed by atoms with Crippen LogP contribution in [0.3, 0.4) is 0 Å². The third kappa shape index (κ3) is 1.99. The molecule has 0 aliphatic carbocycles. The van der Waals surface area contributed by atoms with Crippen molar-refractivity contribution in [1.29, 1.82) is 0 Å². The van der Waals surface area contributed by atoms with Gasteiger partial charge in [0, 0.05) is 6.04 Å². The molecule has 0 unspecified atom stereocenters. The van der Waals surface area contributed by atoms with Crippen LogP contribution in [0.4, 0.5) is 4.39 Å². The van der Waals surface area contributed by atoms with Gasteiger partial charge in [-0.05, 0) is 30.7 Å². The molecule has 1 aliphatic rings. The fraction of sp³-hybridized carbons (Fsp3) is 0.400. The molecule has 0 spiro atoms. The van der Waals surface area contributed by atoms with Crippen molar-refractivity contribution in [3.05, 3.63) is 29.6 Å². The van der Waals surface area contributed by atoms with E-state index < -0.39 is 0 Å². The Labute approximate surface area is 88.9 Å². The zero-order valence-electron chi connectivity index (χ0n) is 7.92. The quantitative estimate of drug-likeness (QED) is 0.821. The molecule has 0 saturated carbocycles. The van der Waals surface area contributed by atoms with Gasteiger partial charge in [-0.3, -0.25) is 0 Å². The topological polar surface area (TPSA) is 21.3 Å². The van der Waals surface area contributed by atoms with Crippen molar-refractivity contribution in [1.82, 2.24) is 5.32 Å². The normalized spacial score (nSPS) is 19.4. The van der Waals surface area contributed by atoms with Crippen LogP contribution in [-0.2, 0) is 0 Å². The second kappa shape index (κ2) is 4.62. The minimum atomic E-state index is -0.300. The first-order chi connectivity index (χ1) is 6.31. The van der Waals surface area contributed by atoms with Gasteiger partial charge in [0.05, 0.1) is 7.11 Å². The number of ether oxygens (including phenoxy) is 1. The lowest BCUT2D eigenvalue weighted by Gasteiger charge is -2.28. The van der Waals surface area contributed by atoms with Crippen molar-refractivity contribution in [2.45, 2.75) is 12.5 Å². The van der Waals surface area contributed by atoms with Gasteiger partial charge in [0.1, 0.15) is 0 Å². The highest BCUT2D eigenvalue weighted by atomic mass is 35.5. The zero-order valence-corrected chi connectivity index (χ0v) is 8.73. The standard InChI is InChI=1S/C10H12FNO.ClH/c1-13-10-6-7(2-3-8(10)11)9-4-5-12-9;/h2-3,6,9,12H,4-5H2,1H3;1H/t9-;/m0./s1. The third-order valence-corrected chi connectivity index (χ3v) is 2.40. The van der Waals surface area contributed by atoms with E-state index in [0.717, 1.165) is 18.5 Å². The highest BCUT2D eigenvalue weighted by Crippen LogP contribution is 2.27. The Kier molecular flexibility index (Phi) is 3.72. The molecule has 14 heavy (non-hydrogen) atoms. The summed E-state index contributed by atoms with van der Waals surface area (Å²) in [5.41, 5.74) is 1.10. The summed E-state index contributed by atoms with van der Waals surface area (Å²) >= 11 is 0. The first-order valence-electron chi connectivity index (χ1n) is 4.38. The van der Waals surface area contributed by atoms with Gasteiger partial charge >= 0.3 is 0 Å². The lowest BCUT2D eigenvalue weighted by molar-refractivity contribution is 0.368. The summed E-state index contributed by atoms with van der Waals surface area (Å²) in [6, 6.07) is 5.39. The second-order valence-electron chi connectivity index (χ2n) is 3.19. The van der Waals surface area contributed by atoms with Crippen LogP contribution >= 0.6 is 12.4 Å². The van der Waals surface area contributed by atoms with Gasteiger partial charge in [0.25, 0.3) is 0 Å². The SMILES string of the molecule is COc1cc([C@@H]2CCN2)ccc1F.Cl. The van der Waals surface area contributed by atoms with E-state index in [0.29, 0.717) is 11.8 Å². The molecule has 2 nitrogen and oxygen atoms in total. The molecular weight excluding hydrogens is 205 g/mol. The zero-order chi connectivity index (χ0) is 9.26. The fourth-order valence-corrected chi connectivity index (χ4v) is 1.47. The summed E-state index contributed by atoms with van der Waals surface area (Å²) in [5, 5.41) is 3.25. The summed E-state index contributed by atoms with van der Waals surface area (Å²) in [7, 11) is 1.48. The molecule has 1 saturated heterocycles. The molecule has 78 valence electrons. The number of rotatable bonds is 2. The average molecular weight is 218 g/mol. The van der Waals surface area contributed by atoms with Crippen molar-refractivity contribution in [3.8, 4) is 5.75 Å². The van der Waals surface area contributed by atoms with Gasteiger partial charge in [0.15, 0.2) is 11.6 Å². The van der Waals surface area contributed by atoms with E-state index >= 15 is 0 Å². The molecule has 2 rings (SSSR count). The van der Waals surface area contributed by atoms with Gasteiger partial charge in [-0.15, -0.1) is 12.4 Å². The van der Waals surface area contributed by atoms with Gasteiger partial charge in [-0.2, -0.15) is 0 Å². The van der Waals surface area contributed by atoms with E-state index in [9.17, 15) is 4.39 Å². The number of nitrogens with one attached hydrogen (secondary N) is 1. The van der Waals surface area contributed by atoms with Crippen molar-refractivity contribution in [2.75, 3.05) is 13.7 Å². The molecule has 1 atom stereocenters. The number of halogens is 2. The predicted octanol–water partition coefficient (Wildman–Crippen LogP) is 2.29. The van der Waals surface area contributed by atoms with E-state index in [4.69, 9.17) is 4.74 Å². The minimum Gasteiger partial charge on any atom is -0.494 e. The summed E-state index contributed by atoms with van der Waals surface area (Å²) < 4.78 is 17.9. The molecule has 1 aliphatic heterocycles. The molecule has 0 aromatic heterocycles. The minimum absolute atomic E-state index is 0. The van der Waals surface area contributed by atoms with Crippen LogP contribution in [0.1, 0.15) is 18.0 Å². The molecule has 1 aromatic carbocycles.